The second kappa shape index (κ2) is 8.29. The van der Waals surface area contributed by atoms with Crippen LogP contribution in [0.25, 0.3) is 0 Å². The van der Waals surface area contributed by atoms with Crippen LogP contribution in [0.3, 0.4) is 0 Å². The molecule has 2 aliphatic rings. The van der Waals surface area contributed by atoms with Crippen molar-refractivity contribution in [1.82, 2.24) is 9.80 Å². The molecule has 0 aliphatic carbocycles. The highest BCUT2D eigenvalue weighted by Gasteiger charge is 2.43. The quantitative estimate of drug-likeness (QED) is 0.755. The molecule has 1 unspecified atom stereocenters. The van der Waals surface area contributed by atoms with E-state index in [1.54, 1.807) is 17.0 Å². The van der Waals surface area contributed by atoms with E-state index in [9.17, 15) is 14.7 Å². The maximum Gasteiger partial charge on any atom is 0.290 e. The number of thiophene rings is 1. The first-order valence-corrected chi connectivity index (χ1v) is 10.6. The number of aliphatic hydroxyl groups excluding tert-OH is 1. The molecule has 28 heavy (non-hydrogen) atoms. The van der Waals surface area contributed by atoms with Crippen molar-refractivity contribution >= 4 is 23.0 Å². The summed E-state index contributed by atoms with van der Waals surface area (Å²) in [6, 6.07) is 12.5. The summed E-state index contributed by atoms with van der Waals surface area (Å²) in [4.78, 5) is 30.5. The predicted octanol–water partition coefficient (Wildman–Crippen LogP) is 3.81. The number of Topliss-reactive ketones (excluding diaryl/α,β-unsaturated/α-hetero) is 1. The van der Waals surface area contributed by atoms with Crippen molar-refractivity contribution in [2.45, 2.75) is 25.3 Å². The van der Waals surface area contributed by atoms with Crippen LogP contribution >= 0.6 is 11.3 Å². The molecule has 1 aromatic heterocycles. The molecule has 5 nitrogen and oxygen atoms in total. The Balaban J connectivity index is 1.64. The highest BCUT2D eigenvalue weighted by molar-refractivity contribution is 7.12. The fraction of sp³-hybridized carbons (Fsp3) is 0.364. The number of aliphatic hydroxyl groups is 1. The highest BCUT2D eigenvalue weighted by Crippen LogP contribution is 2.39. The summed E-state index contributed by atoms with van der Waals surface area (Å²) in [7, 11) is 0. The van der Waals surface area contributed by atoms with Crippen molar-refractivity contribution in [2.75, 3.05) is 26.2 Å². The van der Waals surface area contributed by atoms with Crippen LogP contribution in [0.1, 0.15) is 40.5 Å². The van der Waals surface area contributed by atoms with Gasteiger partial charge in [0, 0.05) is 13.1 Å². The predicted molar refractivity (Wildman–Crippen MR) is 109 cm³/mol. The minimum Gasteiger partial charge on any atom is -0.503 e. The molecule has 1 saturated heterocycles. The minimum atomic E-state index is -0.548. The van der Waals surface area contributed by atoms with Gasteiger partial charge in [-0.1, -0.05) is 42.8 Å². The summed E-state index contributed by atoms with van der Waals surface area (Å²) >= 11 is 1.32. The Hall–Kier alpha value is -2.44. The summed E-state index contributed by atoms with van der Waals surface area (Å²) in [5.74, 6) is -1.13. The Morgan fingerprint density at radius 1 is 1.04 bits per heavy atom. The zero-order valence-corrected chi connectivity index (χ0v) is 16.5. The van der Waals surface area contributed by atoms with Gasteiger partial charge in [0.15, 0.2) is 5.76 Å². The van der Waals surface area contributed by atoms with Gasteiger partial charge in [0.1, 0.15) is 0 Å². The van der Waals surface area contributed by atoms with Gasteiger partial charge in [-0.2, -0.15) is 0 Å². The van der Waals surface area contributed by atoms with Gasteiger partial charge in [-0.15, -0.1) is 11.3 Å². The largest absolute Gasteiger partial charge is 0.503 e. The van der Waals surface area contributed by atoms with Crippen LogP contribution in [0.5, 0.6) is 0 Å². The summed E-state index contributed by atoms with van der Waals surface area (Å²) < 4.78 is 0. The molecule has 6 heteroatoms. The lowest BCUT2D eigenvalue weighted by molar-refractivity contribution is -0.129. The number of hydrogen-bond acceptors (Lipinski definition) is 5. The number of hydrogen-bond donors (Lipinski definition) is 1. The fourth-order valence-corrected chi connectivity index (χ4v) is 4.75. The third-order valence-electron chi connectivity index (χ3n) is 5.51. The Morgan fingerprint density at radius 3 is 2.46 bits per heavy atom. The minimum absolute atomic E-state index is 0.192. The zero-order valence-electron chi connectivity index (χ0n) is 15.7. The van der Waals surface area contributed by atoms with E-state index >= 15 is 0 Å². The normalized spacial score (nSPS) is 20.8. The number of carbonyl (C=O) groups excluding carboxylic acids is 2. The first-order chi connectivity index (χ1) is 13.7. The number of piperidine rings is 1. The van der Waals surface area contributed by atoms with E-state index in [4.69, 9.17) is 0 Å². The molecule has 0 saturated carbocycles. The molecule has 1 atom stereocenters. The number of ketones is 1. The molecule has 0 radical (unpaired) electrons. The van der Waals surface area contributed by atoms with E-state index < -0.39 is 17.7 Å². The molecule has 4 rings (SSSR count). The lowest BCUT2D eigenvalue weighted by Crippen LogP contribution is -2.40. The monoisotopic (exact) mass is 396 g/mol. The van der Waals surface area contributed by atoms with Crippen LogP contribution in [0.4, 0.5) is 0 Å². The van der Waals surface area contributed by atoms with Crippen molar-refractivity contribution in [3.63, 3.8) is 0 Å². The molecule has 1 fully saturated rings. The van der Waals surface area contributed by atoms with Crippen LogP contribution in [0, 0.1) is 0 Å². The molecule has 0 spiro atoms. The number of amides is 1. The molecular weight excluding hydrogens is 372 g/mol. The number of carbonyl (C=O) groups is 2. The Morgan fingerprint density at radius 2 is 1.79 bits per heavy atom. The van der Waals surface area contributed by atoms with E-state index in [1.165, 1.54) is 30.6 Å². The van der Waals surface area contributed by atoms with Gasteiger partial charge in [-0.25, -0.2) is 0 Å². The van der Waals surface area contributed by atoms with Crippen LogP contribution in [0.15, 0.2) is 59.2 Å². The fourth-order valence-electron chi connectivity index (χ4n) is 4.07. The maximum atomic E-state index is 13.1. The van der Waals surface area contributed by atoms with Gasteiger partial charge in [0.2, 0.25) is 5.78 Å². The second-order valence-corrected chi connectivity index (χ2v) is 8.23. The van der Waals surface area contributed by atoms with Crippen LogP contribution < -0.4 is 0 Å². The average Bonchev–Trinajstić information content (AvgIpc) is 3.36. The van der Waals surface area contributed by atoms with E-state index in [0.29, 0.717) is 11.4 Å². The van der Waals surface area contributed by atoms with E-state index in [2.05, 4.69) is 4.90 Å². The summed E-state index contributed by atoms with van der Waals surface area (Å²) in [6.45, 7) is 3.32. The zero-order chi connectivity index (χ0) is 19.5. The van der Waals surface area contributed by atoms with Crippen molar-refractivity contribution in [1.29, 1.82) is 0 Å². The molecule has 3 heterocycles. The lowest BCUT2D eigenvalue weighted by atomic mass is 9.95. The molecule has 146 valence electrons. The summed E-state index contributed by atoms with van der Waals surface area (Å²) in [5.41, 5.74) is 1.04. The van der Waals surface area contributed by atoms with E-state index in [1.807, 2.05) is 35.7 Å². The lowest BCUT2D eigenvalue weighted by Gasteiger charge is -2.31. The second-order valence-electron chi connectivity index (χ2n) is 7.28. The smallest absolute Gasteiger partial charge is 0.290 e. The summed E-state index contributed by atoms with van der Waals surface area (Å²) in [5, 5.41) is 12.5. The Bertz CT molecular complexity index is 870. The third kappa shape index (κ3) is 3.62. The molecule has 2 aromatic rings. The molecular formula is C22H24N2O3S. The summed E-state index contributed by atoms with van der Waals surface area (Å²) in [6.07, 6.45) is 3.62. The van der Waals surface area contributed by atoms with E-state index in [0.717, 1.165) is 25.2 Å². The van der Waals surface area contributed by atoms with Gasteiger partial charge < -0.3 is 14.9 Å². The van der Waals surface area contributed by atoms with Crippen molar-refractivity contribution < 1.29 is 14.7 Å². The van der Waals surface area contributed by atoms with Gasteiger partial charge in [0.05, 0.1) is 16.5 Å². The Kier molecular flexibility index (Phi) is 5.59. The number of rotatable bonds is 6. The van der Waals surface area contributed by atoms with E-state index in [-0.39, 0.29) is 11.4 Å². The van der Waals surface area contributed by atoms with Crippen LogP contribution in [-0.2, 0) is 4.79 Å². The topological polar surface area (TPSA) is 60.9 Å². The number of likely N-dealkylation sites (tertiary alicyclic amines) is 1. The van der Waals surface area contributed by atoms with Crippen LogP contribution in [0.2, 0.25) is 0 Å². The molecule has 2 aliphatic heterocycles. The van der Waals surface area contributed by atoms with Crippen LogP contribution in [-0.4, -0.2) is 52.8 Å². The molecule has 1 amide bonds. The molecule has 1 aromatic carbocycles. The number of nitrogens with zero attached hydrogens (tertiary/aromatic N) is 2. The first kappa shape index (κ1) is 18.9. The van der Waals surface area contributed by atoms with Gasteiger partial charge in [0.25, 0.3) is 5.91 Å². The third-order valence-corrected chi connectivity index (χ3v) is 6.38. The first-order valence-electron chi connectivity index (χ1n) is 9.76. The Labute approximate surface area is 168 Å². The van der Waals surface area contributed by atoms with Crippen molar-refractivity contribution in [3.8, 4) is 0 Å². The standard InChI is InChI=1S/C22H24N2O3S/c25-20(17-10-7-15-28-17)18-19(16-8-3-1-4-9-16)24(22(27)21(18)26)14-13-23-11-5-2-6-12-23/h1,3-4,7-10,15,19,26H,2,5-6,11-14H2. The maximum absolute atomic E-state index is 13.1. The highest BCUT2D eigenvalue weighted by atomic mass is 32.1. The van der Waals surface area contributed by atoms with Gasteiger partial charge in [-0.3, -0.25) is 9.59 Å². The van der Waals surface area contributed by atoms with Crippen molar-refractivity contribution in [3.05, 3.63) is 69.6 Å². The van der Waals surface area contributed by atoms with Gasteiger partial charge >= 0.3 is 0 Å². The average molecular weight is 397 g/mol. The van der Waals surface area contributed by atoms with Gasteiger partial charge in [-0.05, 0) is 42.9 Å². The van der Waals surface area contributed by atoms with Crippen molar-refractivity contribution in [2.24, 2.45) is 0 Å². The number of benzene rings is 1. The molecule has 1 N–H and O–H groups in total. The SMILES string of the molecule is O=C(C1=C(O)C(=O)N(CCN2CCCCC2)C1c1ccccc1)c1cccs1. The molecule has 0 bridgehead atoms.